The summed E-state index contributed by atoms with van der Waals surface area (Å²) in [6, 6.07) is 2.33. The van der Waals surface area contributed by atoms with Crippen molar-refractivity contribution in [1.82, 2.24) is 31.1 Å². The van der Waals surface area contributed by atoms with E-state index < -0.39 is 101 Å². The molecule has 3 fully saturated rings. The molecule has 28 nitrogen and oxygen atoms in total. The topological polar surface area (TPSA) is 340 Å². The van der Waals surface area contributed by atoms with E-state index in [9.17, 15) is 48.3 Å². The number of esters is 1. The van der Waals surface area contributed by atoms with Gasteiger partial charge in [-0.25, -0.2) is 9.59 Å². The number of allylic oxidation sites excluding steroid dienone is 3. The van der Waals surface area contributed by atoms with Gasteiger partial charge < -0.3 is 78.3 Å². The van der Waals surface area contributed by atoms with Crippen LogP contribution >= 0.6 is 46.9 Å². The minimum atomic E-state index is -1.90. The number of nitrogens with one attached hydrogen (secondary N) is 4. The lowest BCUT2D eigenvalue weighted by atomic mass is 9.83. The van der Waals surface area contributed by atoms with Gasteiger partial charge in [-0.05, 0) is 57.4 Å². The quantitative estimate of drug-likeness (QED) is 0.0162. The number of thioether (sulfide) groups is 3. The Morgan fingerprint density at radius 2 is 1.51 bits per heavy atom. The van der Waals surface area contributed by atoms with E-state index >= 15 is 0 Å². The molecule has 0 aliphatic carbocycles. The molecule has 0 aromatic heterocycles. The Balaban J connectivity index is 0.997. The Hall–Kier alpha value is -5.74. The minimum Gasteiger partial charge on any atom is -0.495 e. The highest BCUT2D eigenvalue weighted by Gasteiger charge is 2.64. The lowest BCUT2D eigenvalue weighted by Gasteiger charge is -2.42. The van der Waals surface area contributed by atoms with Gasteiger partial charge in [-0.15, -0.1) is 11.8 Å². The summed E-state index contributed by atoms with van der Waals surface area (Å²) < 4.78 is 50.9. The fraction of sp³-hybridized carbons (Fsp3) is 0.667. The number of likely N-dealkylation sites (N-methyl/N-ethyl adjacent to an activating group) is 1. The highest BCUT2D eigenvalue weighted by atomic mass is 35.5. The average molecular weight is 1370 g/mol. The maximum Gasteiger partial charge on any atom is 0.409 e. The molecule has 4 aliphatic rings. The van der Waals surface area contributed by atoms with Gasteiger partial charge in [0.15, 0.2) is 12.3 Å². The monoisotopic (exact) mass is 1370 g/mol. The number of methoxy groups -OCH3 is 2. The van der Waals surface area contributed by atoms with Gasteiger partial charge in [0.05, 0.1) is 75.9 Å². The van der Waals surface area contributed by atoms with Crippen molar-refractivity contribution in [2.24, 2.45) is 11.1 Å². The minimum absolute atomic E-state index is 0.0247. The van der Waals surface area contributed by atoms with Crippen LogP contribution in [0.25, 0.3) is 0 Å². The second kappa shape index (κ2) is 38.6. The molecular weight excluding hydrogens is 1280 g/mol. The van der Waals surface area contributed by atoms with Gasteiger partial charge in [0.1, 0.15) is 53.9 Å². The van der Waals surface area contributed by atoms with Crippen LogP contribution in [0.2, 0.25) is 5.02 Å². The molecule has 2 unspecified atom stereocenters. The molecule has 1 aromatic carbocycles. The predicted octanol–water partition coefficient (Wildman–Crippen LogP) is 2.28. The van der Waals surface area contributed by atoms with Gasteiger partial charge in [-0.3, -0.25) is 43.8 Å². The number of epoxide rings is 1. The molecule has 4 heterocycles. The summed E-state index contributed by atoms with van der Waals surface area (Å²) in [7, 11) is 5.81. The lowest BCUT2D eigenvalue weighted by Crippen LogP contribution is -2.63. The van der Waals surface area contributed by atoms with E-state index in [0.29, 0.717) is 17.9 Å². The molecule has 3 saturated heterocycles. The number of imide groups is 1. The molecule has 8 amide bonds. The number of hydrogen-bond acceptors (Lipinski definition) is 24. The number of benzene rings is 1. The summed E-state index contributed by atoms with van der Waals surface area (Å²) in [6.45, 7) is 7.55. The number of alkyl carbamates (subject to hydrolysis) is 1. The molecule has 514 valence electrons. The van der Waals surface area contributed by atoms with Crippen molar-refractivity contribution in [3.63, 3.8) is 0 Å². The first-order valence-corrected chi connectivity index (χ1v) is 34.2. The Morgan fingerprint density at radius 1 is 0.891 bits per heavy atom. The smallest absolute Gasteiger partial charge is 0.409 e. The number of oxime groups is 1. The van der Waals surface area contributed by atoms with E-state index in [0.717, 1.165) is 45.0 Å². The molecule has 5 N–H and O–H groups in total. The standard InChI is InChI=1S/C60H89ClN8O20S3/c1-37-12-11-13-46(81-8)60(79)31-44(87-58(78)65-60)38(2)55-59(4,89-55)47(30-52(74)68(6)42-27-40(26-37)28-43(80-7)54(42)61)88-57(77)39(3)67(5)51(73)14-25-92-45-29-53(75)69(56(45)76)18-15-62-48(70)32-84-23-21-82-19-16-63-49(71)33-85-24-22-83-20-17-64-50(72)34-86-66-41(35-90-9)36-91-10/h11-13,27-28,38-39,44-47,55,79H,14-26,29-36H2,1-10H3,(H,62,70)(H,63,71)(H,64,72)(H,65,78)/b13-11+,37-12+/t38?,39-,44-,45?,46+,47-,55-,59-,60-/m0/s1. The van der Waals surface area contributed by atoms with Crippen LogP contribution in [0.15, 0.2) is 41.1 Å². The number of carbonyl (C=O) groups is 9. The van der Waals surface area contributed by atoms with Gasteiger partial charge in [0, 0.05) is 89.8 Å². The normalized spacial score (nSPS) is 24.4. The van der Waals surface area contributed by atoms with Crippen LogP contribution in [-0.2, 0) is 87.5 Å². The second-order valence-corrected chi connectivity index (χ2v) is 25.7. The number of carbonyl (C=O) groups excluding carboxylic acids is 9. The summed E-state index contributed by atoms with van der Waals surface area (Å²) in [5.74, 6) is -2.61. The van der Waals surface area contributed by atoms with Crippen molar-refractivity contribution in [3.8, 4) is 5.75 Å². The van der Waals surface area contributed by atoms with E-state index in [2.05, 4.69) is 26.4 Å². The summed E-state index contributed by atoms with van der Waals surface area (Å²) in [4.78, 5) is 127. The third-order valence-corrected chi connectivity index (χ3v) is 18.2. The molecule has 32 heteroatoms. The fourth-order valence-electron chi connectivity index (χ4n) is 10.1. The fourth-order valence-corrected chi connectivity index (χ4v) is 12.6. The van der Waals surface area contributed by atoms with Gasteiger partial charge in [-0.2, -0.15) is 23.5 Å². The first-order chi connectivity index (χ1) is 43.9. The molecule has 9 atom stereocenters. The van der Waals surface area contributed by atoms with E-state index in [1.165, 1.54) is 45.0 Å². The van der Waals surface area contributed by atoms with E-state index in [-0.39, 0.29) is 127 Å². The molecule has 0 spiro atoms. The molecule has 4 bridgehead atoms. The van der Waals surface area contributed by atoms with Gasteiger partial charge in [0.25, 0.3) is 5.91 Å². The van der Waals surface area contributed by atoms with Crippen molar-refractivity contribution < 1.29 is 95.7 Å². The number of rotatable bonds is 35. The number of likely N-dealkylation sites (tertiary alicyclic amines) is 1. The molecule has 92 heavy (non-hydrogen) atoms. The maximum absolute atomic E-state index is 14.4. The third-order valence-electron chi connectivity index (χ3n) is 15.4. The summed E-state index contributed by atoms with van der Waals surface area (Å²) in [5.41, 5.74) is -0.410. The lowest BCUT2D eigenvalue weighted by molar-refractivity contribution is -0.162. The Bertz CT molecular complexity index is 2800. The van der Waals surface area contributed by atoms with Crippen LogP contribution in [0.4, 0.5) is 10.5 Å². The van der Waals surface area contributed by atoms with Crippen molar-refractivity contribution in [2.45, 2.75) is 107 Å². The number of ether oxygens (including phenoxy) is 9. The highest BCUT2D eigenvalue weighted by Crippen LogP contribution is 2.49. The van der Waals surface area contributed by atoms with Crippen LogP contribution in [0, 0.1) is 5.92 Å². The van der Waals surface area contributed by atoms with Crippen molar-refractivity contribution in [2.75, 3.05) is 149 Å². The van der Waals surface area contributed by atoms with Crippen LogP contribution in [0.5, 0.6) is 5.75 Å². The van der Waals surface area contributed by atoms with Gasteiger partial charge in [-0.1, -0.05) is 47.5 Å². The second-order valence-electron chi connectivity index (χ2n) is 22.3. The van der Waals surface area contributed by atoms with Crippen molar-refractivity contribution >= 4 is 112 Å². The number of anilines is 1. The van der Waals surface area contributed by atoms with Crippen molar-refractivity contribution in [3.05, 3.63) is 46.5 Å². The third kappa shape index (κ3) is 23.6. The number of fused-ring (bicyclic) bond motifs is 5. The van der Waals surface area contributed by atoms with Crippen molar-refractivity contribution in [1.29, 1.82) is 0 Å². The Morgan fingerprint density at radius 3 is 2.13 bits per heavy atom. The number of nitrogens with zero attached hydrogens (tertiary/aromatic N) is 4. The SMILES string of the molecule is COc1cc2cc(c1Cl)N(C)C(=O)C[C@H](OC(=O)[C@H](C)N(C)C(=O)CCSC1CC(=O)N(CCNC(=O)COCCOCCNC(=O)COCCOCCNC(=O)CON=C(CSC)CSC)C1=O)[C@]1(C)O[C@H]1C(C)[C@@H]1C[C@@](O)(NC(=O)O1)[C@H](OC)/C=C/C=C(\C)C2. The number of halogens is 1. The molecule has 1 aromatic rings. The van der Waals surface area contributed by atoms with Crippen LogP contribution in [0.3, 0.4) is 0 Å². The average Bonchev–Trinajstić information content (AvgIpc) is 1.56. The molecular formula is C60H89ClN8O20S3. The van der Waals surface area contributed by atoms with Crippen LogP contribution in [-0.4, -0.2) is 265 Å². The van der Waals surface area contributed by atoms with Crippen LogP contribution in [0.1, 0.15) is 58.9 Å². The Kier molecular flexibility index (Phi) is 32.3. The first-order valence-electron chi connectivity index (χ1n) is 30.0. The number of aliphatic hydroxyl groups is 1. The summed E-state index contributed by atoms with van der Waals surface area (Å²) in [5, 5.41) is 25.7. The highest BCUT2D eigenvalue weighted by molar-refractivity contribution is 8.01. The summed E-state index contributed by atoms with van der Waals surface area (Å²) >= 11 is 11.2. The number of hydrogen-bond donors (Lipinski definition) is 5. The zero-order chi connectivity index (χ0) is 67.5. The van der Waals surface area contributed by atoms with E-state index in [4.69, 9.17) is 59.1 Å². The zero-order valence-electron chi connectivity index (χ0n) is 53.9. The Labute approximate surface area is 554 Å². The molecule has 4 aliphatic heterocycles. The summed E-state index contributed by atoms with van der Waals surface area (Å²) in [6.07, 6.45) is 3.89. The molecule has 0 radical (unpaired) electrons. The van der Waals surface area contributed by atoms with E-state index in [1.807, 2.05) is 25.5 Å². The largest absolute Gasteiger partial charge is 0.495 e. The maximum atomic E-state index is 14.4. The number of amides is 8. The van der Waals surface area contributed by atoms with Gasteiger partial charge in [0.2, 0.25) is 35.4 Å². The molecule has 5 rings (SSSR count). The first kappa shape index (κ1) is 77.0. The predicted molar refractivity (Wildman–Crippen MR) is 346 cm³/mol. The zero-order valence-corrected chi connectivity index (χ0v) is 57.1. The van der Waals surface area contributed by atoms with Crippen LogP contribution < -0.4 is 30.9 Å². The molecule has 0 saturated carbocycles. The van der Waals surface area contributed by atoms with Gasteiger partial charge >= 0.3 is 12.1 Å². The van der Waals surface area contributed by atoms with E-state index in [1.54, 1.807) is 61.7 Å².